The van der Waals surface area contributed by atoms with Crippen LogP contribution in [0, 0.1) is 0 Å². The number of fused-ring (bicyclic) bond motifs is 1. The summed E-state index contributed by atoms with van der Waals surface area (Å²) < 4.78 is 6.33. The molecule has 0 saturated carbocycles. The molecular formula is C14H15NO2S. The highest BCUT2D eigenvalue weighted by Crippen LogP contribution is 2.30. The number of rotatable bonds is 2. The molecule has 4 heteroatoms. The third-order valence-electron chi connectivity index (χ3n) is 3.56. The second-order valence-electron chi connectivity index (χ2n) is 4.74. The summed E-state index contributed by atoms with van der Waals surface area (Å²) in [5, 5.41) is 3.12. The summed E-state index contributed by atoms with van der Waals surface area (Å²) in [7, 11) is 0. The Hall–Kier alpha value is -1.23. The lowest BCUT2D eigenvalue weighted by Crippen LogP contribution is -2.51. The van der Waals surface area contributed by atoms with Crippen molar-refractivity contribution in [3.63, 3.8) is 0 Å². The van der Waals surface area contributed by atoms with Crippen LogP contribution in [0.15, 0.2) is 29.6 Å². The van der Waals surface area contributed by atoms with Gasteiger partial charge in [0.25, 0.3) is 0 Å². The van der Waals surface area contributed by atoms with Crippen molar-refractivity contribution in [3.05, 3.63) is 35.2 Å². The standard InChI is InChI=1S/C14H15NO2S/c15-14(5-7-17-8-6-14)13(16)11-3-1-2-10-4-9-18-12(10)11/h1-4,9H,5-8,15H2. The van der Waals surface area contributed by atoms with Crippen LogP contribution in [0.25, 0.3) is 10.1 Å². The number of ether oxygens (including phenoxy) is 1. The van der Waals surface area contributed by atoms with Gasteiger partial charge in [-0.15, -0.1) is 11.3 Å². The molecule has 1 saturated heterocycles. The summed E-state index contributed by atoms with van der Waals surface area (Å²) in [6.07, 6.45) is 1.21. The zero-order chi connectivity index (χ0) is 12.6. The van der Waals surface area contributed by atoms with Crippen molar-refractivity contribution in [2.45, 2.75) is 18.4 Å². The van der Waals surface area contributed by atoms with E-state index in [-0.39, 0.29) is 5.78 Å². The smallest absolute Gasteiger partial charge is 0.184 e. The molecule has 0 bridgehead atoms. The molecule has 94 valence electrons. The molecule has 3 rings (SSSR count). The second kappa shape index (κ2) is 4.46. The van der Waals surface area contributed by atoms with Gasteiger partial charge < -0.3 is 10.5 Å². The minimum absolute atomic E-state index is 0.0545. The van der Waals surface area contributed by atoms with Crippen molar-refractivity contribution < 1.29 is 9.53 Å². The number of carbonyl (C=O) groups is 1. The van der Waals surface area contributed by atoms with E-state index in [1.165, 1.54) is 0 Å². The lowest BCUT2D eigenvalue weighted by molar-refractivity contribution is 0.0449. The first kappa shape index (κ1) is 11.8. The quantitative estimate of drug-likeness (QED) is 0.845. The van der Waals surface area contributed by atoms with Gasteiger partial charge in [0.2, 0.25) is 0 Å². The summed E-state index contributed by atoms with van der Waals surface area (Å²) in [5.41, 5.74) is 6.27. The van der Waals surface area contributed by atoms with Crippen LogP contribution >= 0.6 is 11.3 Å². The first-order valence-electron chi connectivity index (χ1n) is 6.08. The highest BCUT2D eigenvalue weighted by molar-refractivity contribution is 7.17. The van der Waals surface area contributed by atoms with Crippen LogP contribution < -0.4 is 5.73 Å². The number of hydrogen-bond acceptors (Lipinski definition) is 4. The third kappa shape index (κ3) is 1.86. The van der Waals surface area contributed by atoms with Gasteiger partial charge in [0.15, 0.2) is 5.78 Å². The molecule has 1 aliphatic rings. The Kier molecular flexibility index (Phi) is 2.93. The molecule has 1 fully saturated rings. The fraction of sp³-hybridized carbons (Fsp3) is 0.357. The summed E-state index contributed by atoms with van der Waals surface area (Å²) in [5.74, 6) is 0.0545. The zero-order valence-corrected chi connectivity index (χ0v) is 10.8. The average Bonchev–Trinajstić information content (AvgIpc) is 2.87. The molecule has 0 unspecified atom stereocenters. The maximum Gasteiger partial charge on any atom is 0.184 e. The average molecular weight is 261 g/mol. The number of ketones is 1. The Labute approximate surface area is 110 Å². The monoisotopic (exact) mass is 261 g/mol. The van der Waals surface area contributed by atoms with E-state index in [9.17, 15) is 4.79 Å². The number of nitrogens with two attached hydrogens (primary N) is 1. The largest absolute Gasteiger partial charge is 0.381 e. The molecule has 0 aliphatic carbocycles. The van der Waals surface area contributed by atoms with E-state index in [4.69, 9.17) is 10.5 Å². The van der Waals surface area contributed by atoms with Crippen molar-refractivity contribution in [2.75, 3.05) is 13.2 Å². The highest BCUT2D eigenvalue weighted by atomic mass is 32.1. The van der Waals surface area contributed by atoms with Crippen LogP contribution in [-0.4, -0.2) is 24.5 Å². The van der Waals surface area contributed by atoms with E-state index in [0.717, 1.165) is 15.6 Å². The van der Waals surface area contributed by atoms with Crippen molar-refractivity contribution in [3.8, 4) is 0 Å². The van der Waals surface area contributed by atoms with Gasteiger partial charge in [-0.2, -0.15) is 0 Å². The number of Topliss-reactive ketones (excluding diaryl/α,β-unsaturated/α-hetero) is 1. The first-order chi connectivity index (χ1) is 8.71. The van der Waals surface area contributed by atoms with Gasteiger partial charge in [-0.05, 0) is 35.7 Å². The van der Waals surface area contributed by atoms with Crippen molar-refractivity contribution in [1.82, 2.24) is 0 Å². The van der Waals surface area contributed by atoms with E-state index < -0.39 is 5.54 Å². The number of hydrogen-bond donors (Lipinski definition) is 1. The molecule has 0 amide bonds. The van der Waals surface area contributed by atoms with Gasteiger partial charge in [-0.1, -0.05) is 12.1 Å². The number of benzene rings is 1. The second-order valence-corrected chi connectivity index (χ2v) is 5.66. The predicted octanol–water partition coefficient (Wildman–Crippen LogP) is 2.59. The molecule has 0 spiro atoms. The van der Waals surface area contributed by atoms with Gasteiger partial charge in [-0.25, -0.2) is 0 Å². The van der Waals surface area contributed by atoms with Crippen LogP contribution in [0.5, 0.6) is 0 Å². The Bertz CT molecular complexity index is 584. The maximum atomic E-state index is 12.7. The van der Waals surface area contributed by atoms with Crippen molar-refractivity contribution >= 4 is 27.2 Å². The fourth-order valence-corrected chi connectivity index (χ4v) is 3.31. The summed E-state index contributed by atoms with van der Waals surface area (Å²) in [6.45, 7) is 1.14. The minimum atomic E-state index is -0.753. The molecule has 2 N–H and O–H groups in total. The Balaban J connectivity index is 2.03. The van der Waals surface area contributed by atoms with E-state index in [0.29, 0.717) is 26.1 Å². The maximum absolute atomic E-state index is 12.7. The van der Waals surface area contributed by atoms with Crippen molar-refractivity contribution in [1.29, 1.82) is 0 Å². The van der Waals surface area contributed by atoms with Gasteiger partial charge in [0, 0.05) is 23.5 Å². The molecule has 2 aromatic rings. The fourth-order valence-electron chi connectivity index (χ4n) is 2.40. The minimum Gasteiger partial charge on any atom is -0.381 e. The van der Waals surface area contributed by atoms with E-state index in [1.807, 2.05) is 29.6 Å². The predicted molar refractivity (Wildman–Crippen MR) is 73.1 cm³/mol. The van der Waals surface area contributed by atoms with Gasteiger partial charge >= 0.3 is 0 Å². The Morgan fingerprint density at radius 1 is 1.28 bits per heavy atom. The van der Waals surface area contributed by atoms with Crippen LogP contribution in [0.1, 0.15) is 23.2 Å². The summed E-state index contributed by atoms with van der Waals surface area (Å²) in [6, 6.07) is 7.86. The SMILES string of the molecule is NC1(C(=O)c2cccc3ccsc23)CCOCC1. The van der Waals surface area contributed by atoms with Gasteiger partial charge in [0.1, 0.15) is 0 Å². The molecular weight excluding hydrogens is 246 g/mol. The van der Waals surface area contributed by atoms with E-state index in [2.05, 4.69) is 0 Å². The zero-order valence-electron chi connectivity index (χ0n) is 10.0. The molecule has 2 heterocycles. The lowest BCUT2D eigenvalue weighted by Gasteiger charge is -2.31. The normalized spacial score (nSPS) is 18.9. The van der Waals surface area contributed by atoms with Gasteiger partial charge in [0.05, 0.1) is 5.54 Å². The van der Waals surface area contributed by atoms with Crippen LogP contribution in [0.4, 0.5) is 0 Å². The van der Waals surface area contributed by atoms with Gasteiger partial charge in [-0.3, -0.25) is 4.79 Å². The Morgan fingerprint density at radius 2 is 2.06 bits per heavy atom. The molecule has 3 nitrogen and oxygen atoms in total. The van der Waals surface area contributed by atoms with E-state index >= 15 is 0 Å². The highest BCUT2D eigenvalue weighted by Gasteiger charge is 2.37. The van der Waals surface area contributed by atoms with Crippen LogP contribution in [-0.2, 0) is 4.74 Å². The topological polar surface area (TPSA) is 52.3 Å². The van der Waals surface area contributed by atoms with Crippen molar-refractivity contribution in [2.24, 2.45) is 5.73 Å². The Morgan fingerprint density at radius 3 is 2.83 bits per heavy atom. The van der Waals surface area contributed by atoms with E-state index in [1.54, 1.807) is 11.3 Å². The lowest BCUT2D eigenvalue weighted by atomic mass is 9.83. The molecule has 1 aromatic carbocycles. The van der Waals surface area contributed by atoms with Crippen LogP contribution in [0.2, 0.25) is 0 Å². The number of carbonyl (C=O) groups excluding carboxylic acids is 1. The first-order valence-corrected chi connectivity index (χ1v) is 6.96. The molecule has 0 radical (unpaired) electrons. The summed E-state index contributed by atoms with van der Waals surface area (Å²) in [4.78, 5) is 12.7. The molecule has 0 atom stereocenters. The number of thiophene rings is 1. The van der Waals surface area contributed by atoms with Crippen LogP contribution in [0.3, 0.4) is 0 Å². The summed E-state index contributed by atoms with van der Waals surface area (Å²) >= 11 is 1.60. The molecule has 1 aliphatic heterocycles. The molecule has 18 heavy (non-hydrogen) atoms. The molecule has 1 aromatic heterocycles. The third-order valence-corrected chi connectivity index (χ3v) is 4.52.